The van der Waals surface area contributed by atoms with E-state index < -0.39 is 23.9 Å². The van der Waals surface area contributed by atoms with E-state index in [4.69, 9.17) is 5.11 Å². The van der Waals surface area contributed by atoms with Crippen LogP contribution in [0.15, 0.2) is 22.7 Å². The van der Waals surface area contributed by atoms with Crippen molar-refractivity contribution >= 4 is 33.6 Å². The van der Waals surface area contributed by atoms with Crippen LogP contribution >= 0.6 is 15.9 Å². The summed E-state index contributed by atoms with van der Waals surface area (Å²) in [5, 5.41) is 11.4. The molecule has 0 spiro atoms. The fourth-order valence-electron chi connectivity index (χ4n) is 2.05. The summed E-state index contributed by atoms with van der Waals surface area (Å²) in [6, 6.07) is 2.73. The van der Waals surface area contributed by atoms with Crippen molar-refractivity contribution in [3.63, 3.8) is 0 Å². The van der Waals surface area contributed by atoms with E-state index in [0.717, 1.165) is 0 Å². The summed E-state index contributed by atoms with van der Waals surface area (Å²) < 4.78 is 14.1. The number of carboxylic acids is 1. The van der Waals surface area contributed by atoms with Gasteiger partial charge in [-0.25, -0.2) is 14.0 Å². The highest BCUT2D eigenvalue weighted by Gasteiger charge is 2.34. The first kappa shape index (κ1) is 13.8. The lowest BCUT2D eigenvalue weighted by Crippen LogP contribution is -2.42. The molecule has 1 saturated heterocycles. The Morgan fingerprint density at radius 2 is 2.21 bits per heavy atom. The van der Waals surface area contributed by atoms with Gasteiger partial charge in [0.2, 0.25) is 0 Å². The van der Waals surface area contributed by atoms with Crippen LogP contribution in [0.5, 0.6) is 0 Å². The number of carboxylic acid groups (broad SMARTS) is 1. The van der Waals surface area contributed by atoms with Crippen LogP contribution in [0.2, 0.25) is 0 Å². The first-order valence-corrected chi connectivity index (χ1v) is 6.54. The number of rotatable bonds is 2. The Balaban J connectivity index is 2.12. The van der Waals surface area contributed by atoms with Crippen LogP contribution in [0.3, 0.4) is 0 Å². The molecule has 0 aliphatic carbocycles. The first-order valence-electron chi connectivity index (χ1n) is 5.74. The van der Waals surface area contributed by atoms with Gasteiger partial charge in [0.1, 0.15) is 11.9 Å². The summed E-state index contributed by atoms with van der Waals surface area (Å²) in [5.41, 5.74) is 0.0235. The van der Waals surface area contributed by atoms with Crippen LogP contribution in [0.25, 0.3) is 0 Å². The van der Waals surface area contributed by atoms with Crippen LogP contribution in [0.1, 0.15) is 12.8 Å². The van der Waals surface area contributed by atoms with Crippen LogP contribution in [0, 0.1) is 5.82 Å². The van der Waals surface area contributed by atoms with Crippen LogP contribution in [0.4, 0.5) is 14.9 Å². The van der Waals surface area contributed by atoms with Gasteiger partial charge in [-0.1, -0.05) is 15.9 Å². The molecule has 2 rings (SSSR count). The lowest BCUT2D eigenvalue weighted by atomic mass is 10.2. The SMILES string of the molecule is O=C(O)C1CCCN1C(=O)Nc1cc(Br)ccc1F. The van der Waals surface area contributed by atoms with Crippen LogP contribution < -0.4 is 5.32 Å². The second-order valence-corrected chi connectivity index (χ2v) is 5.16. The largest absolute Gasteiger partial charge is 0.480 e. The second kappa shape index (κ2) is 5.56. The van der Waals surface area contributed by atoms with Gasteiger partial charge in [-0.05, 0) is 31.0 Å². The van der Waals surface area contributed by atoms with Crippen molar-refractivity contribution < 1.29 is 19.1 Å². The van der Waals surface area contributed by atoms with E-state index in [0.29, 0.717) is 23.9 Å². The quantitative estimate of drug-likeness (QED) is 0.875. The van der Waals surface area contributed by atoms with E-state index in [1.807, 2.05) is 0 Å². The molecule has 0 saturated carbocycles. The highest BCUT2D eigenvalue weighted by Crippen LogP contribution is 2.23. The molecule has 1 unspecified atom stereocenters. The maximum atomic E-state index is 13.5. The Morgan fingerprint density at radius 1 is 1.47 bits per heavy atom. The number of likely N-dealkylation sites (tertiary alicyclic amines) is 1. The lowest BCUT2D eigenvalue weighted by Gasteiger charge is -2.22. The number of urea groups is 1. The summed E-state index contributed by atoms with van der Waals surface area (Å²) >= 11 is 3.18. The van der Waals surface area contributed by atoms with Gasteiger partial charge in [-0.3, -0.25) is 0 Å². The van der Waals surface area contributed by atoms with Crippen molar-refractivity contribution in [1.29, 1.82) is 0 Å². The molecular weight excluding hydrogens is 319 g/mol. The minimum atomic E-state index is -1.04. The van der Waals surface area contributed by atoms with E-state index in [-0.39, 0.29) is 5.69 Å². The van der Waals surface area contributed by atoms with Gasteiger partial charge in [0, 0.05) is 11.0 Å². The van der Waals surface area contributed by atoms with Crippen molar-refractivity contribution in [1.82, 2.24) is 4.90 Å². The topological polar surface area (TPSA) is 69.6 Å². The van der Waals surface area contributed by atoms with E-state index in [1.165, 1.54) is 23.1 Å². The summed E-state index contributed by atoms with van der Waals surface area (Å²) in [6.07, 6.45) is 1.05. The van der Waals surface area contributed by atoms with E-state index in [1.54, 1.807) is 0 Å². The molecule has 1 fully saturated rings. The molecule has 0 bridgehead atoms. The molecule has 2 amide bonds. The van der Waals surface area contributed by atoms with E-state index in [9.17, 15) is 14.0 Å². The number of hydrogen-bond donors (Lipinski definition) is 2. The van der Waals surface area contributed by atoms with Crippen LogP contribution in [-0.2, 0) is 4.79 Å². The van der Waals surface area contributed by atoms with Crippen molar-refractivity contribution in [2.24, 2.45) is 0 Å². The summed E-state index contributed by atoms with van der Waals surface area (Å²) in [7, 11) is 0. The number of benzene rings is 1. The fourth-order valence-corrected chi connectivity index (χ4v) is 2.41. The standard InChI is InChI=1S/C12H12BrFN2O3/c13-7-3-4-8(14)9(6-7)15-12(19)16-5-1-2-10(16)11(17)18/h3-4,6,10H,1-2,5H2,(H,15,19)(H,17,18). The molecule has 2 N–H and O–H groups in total. The normalized spacial score (nSPS) is 18.4. The van der Waals surface area contributed by atoms with Crippen molar-refractivity contribution in [2.75, 3.05) is 11.9 Å². The molecule has 1 aliphatic rings. The van der Waals surface area contributed by atoms with Gasteiger partial charge in [0.15, 0.2) is 0 Å². The molecular formula is C12H12BrFN2O3. The van der Waals surface area contributed by atoms with Gasteiger partial charge >= 0.3 is 12.0 Å². The molecule has 5 nitrogen and oxygen atoms in total. The first-order chi connectivity index (χ1) is 8.99. The lowest BCUT2D eigenvalue weighted by molar-refractivity contribution is -0.141. The maximum Gasteiger partial charge on any atom is 0.326 e. The molecule has 102 valence electrons. The Hall–Kier alpha value is -1.63. The molecule has 1 atom stereocenters. The zero-order chi connectivity index (χ0) is 14.0. The monoisotopic (exact) mass is 330 g/mol. The summed E-state index contributed by atoms with van der Waals surface area (Å²) in [5.74, 6) is -1.61. The minimum Gasteiger partial charge on any atom is -0.480 e. The molecule has 0 aromatic heterocycles. The van der Waals surface area contributed by atoms with Crippen molar-refractivity contribution in [3.05, 3.63) is 28.5 Å². The zero-order valence-corrected chi connectivity index (χ0v) is 11.5. The van der Waals surface area contributed by atoms with E-state index in [2.05, 4.69) is 21.2 Å². The summed E-state index contributed by atoms with van der Waals surface area (Å²) in [6.45, 7) is 0.360. The molecule has 19 heavy (non-hydrogen) atoms. The molecule has 1 aliphatic heterocycles. The Kier molecular flexibility index (Phi) is 4.04. The van der Waals surface area contributed by atoms with Crippen molar-refractivity contribution in [2.45, 2.75) is 18.9 Å². The van der Waals surface area contributed by atoms with Crippen LogP contribution in [-0.4, -0.2) is 34.6 Å². The Labute approximate surface area is 117 Å². The minimum absolute atomic E-state index is 0.0235. The molecule has 1 heterocycles. The summed E-state index contributed by atoms with van der Waals surface area (Å²) in [4.78, 5) is 24.2. The Morgan fingerprint density at radius 3 is 2.89 bits per heavy atom. The highest BCUT2D eigenvalue weighted by atomic mass is 79.9. The smallest absolute Gasteiger partial charge is 0.326 e. The number of nitrogens with zero attached hydrogens (tertiary/aromatic N) is 1. The van der Waals surface area contributed by atoms with Gasteiger partial charge < -0.3 is 15.3 Å². The molecule has 1 aromatic rings. The number of aliphatic carboxylic acids is 1. The van der Waals surface area contributed by atoms with Crippen molar-refractivity contribution in [3.8, 4) is 0 Å². The number of amides is 2. The second-order valence-electron chi connectivity index (χ2n) is 4.24. The number of carbonyl (C=O) groups excluding carboxylic acids is 1. The molecule has 7 heteroatoms. The molecule has 1 aromatic carbocycles. The number of carbonyl (C=O) groups is 2. The maximum absolute atomic E-state index is 13.5. The fraction of sp³-hybridized carbons (Fsp3) is 0.333. The van der Waals surface area contributed by atoms with Gasteiger partial charge in [-0.2, -0.15) is 0 Å². The highest BCUT2D eigenvalue weighted by molar-refractivity contribution is 9.10. The van der Waals surface area contributed by atoms with E-state index >= 15 is 0 Å². The van der Waals surface area contributed by atoms with Gasteiger partial charge in [-0.15, -0.1) is 0 Å². The third kappa shape index (κ3) is 3.04. The number of hydrogen-bond acceptors (Lipinski definition) is 2. The predicted molar refractivity (Wildman–Crippen MR) is 70.5 cm³/mol. The number of anilines is 1. The number of nitrogens with one attached hydrogen (secondary N) is 1. The zero-order valence-electron chi connectivity index (χ0n) is 9.90. The number of halogens is 2. The van der Waals surface area contributed by atoms with Gasteiger partial charge in [0.05, 0.1) is 5.69 Å². The average molecular weight is 331 g/mol. The average Bonchev–Trinajstić information content (AvgIpc) is 2.83. The molecule has 0 radical (unpaired) electrons. The van der Waals surface area contributed by atoms with Gasteiger partial charge in [0.25, 0.3) is 0 Å². The third-order valence-electron chi connectivity index (χ3n) is 2.97. The predicted octanol–water partition coefficient (Wildman–Crippen LogP) is 2.67. The third-order valence-corrected chi connectivity index (χ3v) is 3.46. The Bertz CT molecular complexity index is 524.